The Kier molecular flexibility index (Phi) is 7.58. The molecule has 0 aliphatic rings. The van der Waals surface area contributed by atoms with E-state index in [1.807, 2.05) is 7.05 Å². The molecule has 1 nitrogen and oxygen atoms in total. The van der Waals surface area contributed by atoms with Gasteiger partial charge in [0.15, 0.2) is 0 Å². The fraction of sp³-hybridized carbons (Fsp3) is 0.632. The van der Waals surface area contributed by atoms with E-state index in [2.05, 4.69) is 57.0 Å². The minimum atomic E-state index is 0.546. The molecule has 0 N–H and O–H groups in total. The standard InChI is InChI=1S/C19H31N/c1-6-10-17(11-7-2)19(20-5)16(4)14-18-13-9-8-12-15(18)3/h8-9,12-13,16-17H,6-7,10-11,14H2,1-5H3. The number of rotatable bonds is 8. The molecule has 0 heterocycles. The summed E-state index contributed by atoms with van der Waals surface area (Å²) in [6, 6.07) is 8.73. The molecule has 0 radical (unpaired) electrons. The Morgan fingerprint density at radius 3 is 2.20 bits per heavy atom. The highest BCUT2D eigenvalue weighted by Crippen LogP contribution is 2.23. The Labute approximate surface area is 125 Å². The van der Waals surface area contributed by atoms with Gasteiger partial charge < -0.3 is 0 Å². The largest absolute Gasteiger partial charge is 0.297 e. The average molecular weight is 273 g/mol. The monoisotopic (exact) mass is 273 g/mol. The van der Waals surface area contributed by atoms with Crippen LogP contribution < -0.4 is 0 Å². The Hall–Kier alpha value is -1.11. The van der Waals surface area contributed by atoms with Crippen molar-refractivity contribution in [3.8, 4) is 0 Å². The van der Waals surface area contributed by atoms with Gasteiger partial charge in [-0.05, 0) is 49.1 Å². The van der Waals surface area contributed by atoms with Crippen LogP contribution in [0.3, 0.4) is 0 Å². The molecule has 1 unspecified atom stereocenters. The third-order valence-corrected chi connectivity index (χ3v) is 4.24. The number of hydrogen-bond acceptors (Lipinski definition) is 1. The molecule has 20 heavy (non-hydrogen) atoms. The van der Waals surface area contributed by atoms with E-state index in [-0.39, 0.29) is 0 Å². The van der Waals surface area contributed by atoms with Gasteiger partial charge in [-0.1, -0.05) is 57.9 Å². The van der Waals surface area contributed by atoms with Crippen LogP contribution in [0.25, 0.3) is 0 Å². The maximum atomic E-state index is 4.67. The molecule has 0 fully saturated rings. The normalized spacial score (nSPS) is 13.8. The minimum Gasteiger partial charge on any atom is -0.297 e. The van der Waals surface area contributed by atoms with E-state index in [1.165, 1.54) is 42.5 Å². The molecule has 1 atom stereocenters. The summed E-state index contributed by atoms with van der Waals surface area (Å²) in [4.78, 5) is 4.67. The Balaban J connectivity index is 2.81. The summed E-state index contributed by atoms with van der Waals surface area (Å²) in [5.41, 5.74) is 4.29. The topological polar surface area (TPSA) is 12.4 Å². The number of aryl methyl sites for hydroxylation is 1. The van der Waals surface area contributed by atoms with Gasteiger partial charge in [-0.15, -0.1) is 0 Å². The second-order valence-electron chi connectivity index (χ2n) is 5.95. The second-order valence-corrected chi connectivity index (χ2v) is 5.95. The van der Waals surface area contributed by atoms with E-state index >= 15 is 0 Å². The first kappa shape index (κ1) is 16.9. The lowest BCUT2D eigenvalue weighted by molar-refractivity contribution is 0.530. The summed E-state index contributed by atoms with van der Waals surface area (Å²) in [7, 11) is 1.97. The molecule has 1 heteroatoms. The van der Waals surface area contributed by atoms with Crippen molar-refractivity contribution >= 4 is 5.71 Å². The summed E-state index contributed by atoms with van der Waals surface area (Å²) in [6.45, 7) is 9.11. The van der Waals surface area contributed by atoms with Crippen molar-refractivity contribution in [2.24, 2.45) is 16.8 Å². The quantitative estimate of drug-likeness (QED) is 0.558. The summed E-state index contributed by atoms with van der Waals surface area (Å²) in [5, 5.41) is 0. The first-order chi connectivity index (χ1) is 9.63. The van der Waals surface area contributed by atoms with Crippen molar-refractivity contribution in [2.45, 2.75) is 59.8 Å². The number of benzene rings is 1. The molecule has 0 amide bonds. The van der Waals surface area contributed by atoms with E-state index in [0.717, 1.165) is 6.42 Å². The minimum absolute atomic E-state index is 0.546. The molecule has 1 aromatic rings. The molecule has 112 valence electrons. The van der Waals surface area contributed by atoms with E-state index in [1.54, 1.807) is 0 Å². The second kappa shape index (κ2) is 8.94. The third kappa shape index (κ3) is 4.77. The molecule has 0 saturated carbocycles. The van der Waals surface area contributed by atoms with Gasteiger partial charge in [-0.3, -0.25) is 4.99 Å². The molecular weight excluding hydrogens is 242 g/mol. The smallest absolute Gasteiger partial charge is 0.0276 e. The molecule has 0 aliphatic heterocycles. The fourth-order valence-electron chi connectivity index (χ4n) is 3.22. The van der Waals surface area contributed by atoms with Gasteiger partial charge >= 0.3 is 0 Å². The number of hydrogen-bond donors (Lipinski definition) is 0. The van der Waals surface area contributed by atoms with E-state index in [4.69, 9.17) is 0 Å². The van der Waals surface area contributed by atoms with Crippen LogP contribution in [0.1, 0.15) is 57.6 Å². The molecule has 1 rings (SSSR count). The summed E-state index contributed by atoms with van der Waals surface area (Å²) in [6.07, 6.45) is 6.17. The van der Waals surface area contributed by atoms with Crippen molar-refractivity contribution in [1.82, 2.24) is 0 Å². The lowest BCUT2D eigenvalue weighted by atomic mass is 9.83. The lowest BCUT2D eigenvalue weighted by Crippen LogP contribution is -2.24. The van der Waals surface area contributed by atoms with Crippen LogP contribution in [-0.4, -0.2) is 12.8 Å². The third-order valence-electron chi connectivity index (χ3n) is 4.24. The van der Waals surface area contributed by atoms with Gasteiger partial charge in [0.25, 0.3) is 0 Å². The molecule has 0 saturated heterocycles. The van der Waals surface area contributed by atoms with Crippen molar-refractivity contribution < 1.29 is 0 Å². The van der Waals surface area contributed by atoms with E-state index in [9.17, 15) is 0 Å². The SMILES string of the molecule is CCCC(CCC)C(=NC)C(C)Cc1ccccc1C. The Morgan fingerprint density at radius 2 is 1.70 bits per heavy atom. The van der Waals surface area contributed by atoms with Crippen LogP contribution in [0.5, 0.6) is 0 Å². The maximum Gasteiger partial charge on any atom is 0.0276 e. The van der Waals surface area contributed by atoms with Gasteiger partial charge in [0.2, 0.25) is 0 Å². The van der Waals surface area contributed by atoms with E-state index in [0.29, 0.717) is 11.8 Å². The van der Waals surface area contributed by atoms with Crippen LogP contribution in [-0.2, 0) is 6.42 Å². The highest BCUT2D eigenvalue weighted by Gasteiger charge is 2.20. The van der Waals surface area contributed by atoms with Crippen molar-refractivity contribution in [2.75, 3.05) is 7.05 Å². The van der Waals surface area contributed by atoms with Gasteiger partial charge in [0, 0.05) is 12.8 Å². The predicted molar refractivity (Wildman–Crippen MR) is 90.7 cm³/mol. The lowest BCUT2D eigenvalue weighted by Gasteiger charge is -2.24. The zero-order valence-corrected chi connectivity index (χ0v) is 13.9. The zero-order valence-electron chi connectivity index (χ0n) is 13.9. The van der Waals surface area contributed by atoms with Crippen molar-refractivity contribution in [3.63, 3.8) is 0 Å². The Morgan fingerprint density at radius 1 is 1.10 bits per heavy atom. The van der Waals surface area contributed by atoms with Crippen LogP contribution in [0, 0.1) is 18.8 Å². The molecule has 0 spiro atoms. The number of aliphatic imine (C=N–C) groups is 1. The van der Waals surface area contributed by atoms with Gasteiger partial charge in [0.1, 0.15) is 0 Å². The van der Waals surface area contributed by atoms with Crippen molar-refractivity contribution in [3.05, 3.63) is 35.4 Å². The highest BCUT2D eigenvalue weighted by atomic mass is 14.7. The first-order valence-corrected chi connectivity index (χ1v) is 8.15. The highest BCUT2D eigenvalue weighted by molar-refractivity contribution is 5.88. The van der Waals surface area contributed by atoms with Crippen LogP contribution in [0.2, 0.25) is 0 Å². The van der Waals surface area contributed by atoms with Crippen LogP contribution in [0.15, 0.2) is 29.3 Å². The molecular formula is C19H31N. The van der Waals surface area contributed by atoms with Crippen molar-refractivity contribution in [1.29, 1.82) is 0 Å². The molecule has 0 aromatic heterocycles. The van der Waals surface area contributed by atoms with Crippen LogP contribution >= 0.6 is 0 Å². The first-order valence-electron chi connectivity index (χ1n) is 8.15. The Bertz CT molecular complexity index is 414. The average Bonchev–Trinajstić information content (AvgIpc) is 2.43. The molecule has 1 aromatic carbocycles. The fourth-order valence-corrected chi connectivity index (χ4v) is 3.22. The van der Waals surface area contributed by atoms with Gasteiger partial charge in [-0.25, -0.2) is 0 Å². The maximum absolute atomic E-state index is 4.67. The zero-order chi connectivity index (χ0) is 15.0. The number of nitrogens with zero attached hydrogens (tertiary/aromatic N) is 1. The summed E-state index contributed by atoms with van der Waals surface area (Å²) in [5.74, 6) is 1.22. The summed E-state index contributed by atoms with van der Waals surface area (Å²) < 4.78 is 0. The molecule has 0 bridgehead atoms. The van der Waals surface area contributed by atoms with E-state index < -0.39 is 0 Å². The van der Waals surface area contributed by atoms with Crippen LogP contribution in [0.4, 0.5) is 0 Å². The molecule has 0 aliphatic carbocycles. The van der Waals surface area contributed by atoms with Gasteiger partial charge in [0.05, 0.1) is 0 Å². The summed E-state index contributed by atoms with van der Waals surface area (Å²) >= 11 is 0. The predicted octanol–water partition coefficient (Wildman–Crippen LogP) is 5.46. The van der Waals surface area contributed by atoms with Gasteiger partial charge in [-0.2, -0.15) is 0 Å².